The monoisotopic (exact) mass is 615 g/mol. The summed E-state index contributed by atoms with van der Waals surface area (Å²) in [5.41, 5.74) is 1.56. The average molecular weight is 617 g/mol. The third-order valence-corrected chi connectivity index (χ3v) is 9.95. The fraction of sp³-hybridized carbons (Fsp3) is 0.355. The number of aryl methyl sites for hydroxylation is 1. The number of carbonyl (C=O) groups excluding carboxylic acids is 2. The van der Waals surface area contributed by atoms with E-state index >= 15 is 0 Å². The Hall–Kier alpha value is -3.07. The molecule has 0 radical (unpaired) electrons. The van der Waals surface area contributed by atoms with E-state index in [-0.39, 0.29) is 23.4 Å². The highest BCUT2D eigenvalue weighted by molar-refractivity contribution is 7.92. The van der Waals surface area contributed by atoms with Gasteiger partial charge in [0.25, 0.3) is 10.0 Å². The molecule has 1 aliphatic rings. The lowest BCUT2D eigenvalue weighted by Crippen LogP contribution is -2.53. The van der Waals surface area contributed by atoms with Gasteiger partial charge in [-0.25, -0.2) is 8.42 Å². The Balaban J connectivity index is 1.75. The van der Waals surface area contributed by atoms with Crippen LogP contribution < -0.4 is 9.62 Å². The minimum absolute atomic E-state index is 0.0546. The Bertz CT molecular complexity index is 1460. The van der Waals surface area contributed by atoms with Crippen molar-refractivity contribution in [2.75, 3.05) is 10.8 Å². The maximum atomic E-state index is 14.2. The molecule has 7 nitrogen and oxygen atoms in total. The van der Waals surface area contributed by atoms with Crippen molar-refractivity contribution in [1.82, 2.24) is 10.2 Å². The molecule has 10 heteroatoms. The Morgan fingerprint density at radius 1 is 0.927 bits per heavy atom. The van der Waals surface area contributed by atoms with Crippen LogP contribution in [0.2, 0.25) is 10.0 Å². The van der Waals surface area contributed by atoms with Gasteiger partial charge in [-0.05, 0) is 62.1 Å². The van der Waals surface area contributed by atoms with E-state index < -0.39 is 28.5 Å². The summed E-state index contributed by atoms with van der Waals surface area (Å²) in [5, 5.41) is 3.81. The molecule has 0 unspecified atom stereocenters. The maximum Gasteiger partial charge on any atom is 0.264 e. The fourth-order valence-electron chi connectivity index (χ4n) is 5.22. The van der Waals surface area contributed by atoms with Crippen molar-refractivity contribution in [1.29, 1.82) is 0 Å². The van der Waals surface area contributed by atoms with Crippen LogP contribution in [0.1, 0.15) is 50.2 Å². The predicted octanol–water partition coefficient (Wildman–Crippen LogP) is 6.36. The van der Waals surface area contributed by atoms with E-state index in [9.17, 15) is 18.0 Å². The summed E-state index contributed by atoms with van der Waals surface area (Å²) in [6.07, 6.45) is 4.19. The summed E-state index contributed by atoms with van der Waals surface area (Å²) >= 11 is 13.0. The van der Waals surface area contributed by atoms with Gasteiger partial charge in [0.05, 0.1) is 10.6 Å². The van der Waals surface area contributed by atoms with Crippen LogP contribution in [0, 0.1) is 6.92 Å². The lowest BCUT2D eigenvalue weighted by atomic mass is 10.1. The van der Waals surface area contributed by atoms with Crippen LogP contribution in [0.15, 0.2) is 77.7 Å². The Morgan fingerprint density at radius 3 is 2.15 bits per heavy atom. The van der Waals surface area contributed by atoms with Gasteiger partial charge in [0.2, 0.25) is 11.8 Å². The second-order valence-electron chi connectivity index (χ2n) is 10.2. The first-order valence-electron chi connectivity index (χ1n) is 13.8. The topological polar surface area (TPSA) is 86.8 Å². The molecule has 218 valence electrons. The summed E-state index contributed by atoms with van der Waals surface area (Å²) < 4.78 is 29.0. The van der Waals surface area contributed by atoms with E-state index in [0.29, 0.717) is 33.3 Å². The smallest absolute Gasteiger partial charge is 0.264 e. The zero-order chi connectivity index (χ0) is 29.6. The zero-order valence-electron chi connectivity index (χ0n) is 23.2. The average Bonchev–Trinajstić information content (AvgIpc) is 3.47. The van der Waals surface area contributed by atoms with Crippen LogP contribution in [0.25, 0.3) is 0 Å². The fourth-order valence-corrected chi connectivity index (χ4v) is 7.23. The van der Waals surface area contributed by atoms with Gasteiger partial charge in [-0.3, -0.25) is 13.9 Å². The molecular weight excluding hydrogens is 581 g/mol. The van der Waals surface area contributed by atoms with Gasteiger partial charge < -0.3 is 10.2 Å². The van der Waals surface area contributed by atoms with Crippen LogP contribution in [-0.4, -0.2) is 43.8 Å². The van der Waals surface area contributed by atoms with Gasteiger partial charge in [0, 0.05) is 28.2 Å². The Morgan fingerprint density at radius 2 is 1.54 bits per heavy atom. The van der Waals surface area contributed by atoms with Crippen LogP contribution in [0.4, 0.5) is 5.69 Å². The standard InChI is InChI=1S/C31H35Cl2N3O4S/c1-3-28(31(38)34-23-13-8-9-14-23)35(20-25-26(32)17-11-18-27(25)33)30(37)21-36(29-19-10-7-12-22(29)2)41(39,40)24-15-5-4-6-16-24/h4-7,10-12,15-19,23,28H,3,8-9,13-14,20-21H2,1-2H3,(H,34,38)/t28-/m1/s1. The number of nitrogens with one attached hydrogen (secondary N) is 1. The predicted molar refractivity (Wildman–Crippen MR) is 164 cm³/mol. The first-order valence-corrected chi connectivity index (χ1v) is 16.0. The maximum absolute atomic E-state index is 14.2. The molecule has 1 aliphatic carbocycles. The second-order valence-corrected chi connectivity index (χ2v) is 12.9. The number of para-hydroxylation sites is 1. The van der Waals surface area contributed by atoms with Crippen molar-refractivity contribution < 1.29 is 18.0 Å². The molecule has 0 heterocycles. The number of amides is 2. The zero-order valence-corrected chi connectivity index (χ0v) is 25.6. The first kappa shape index (κ1) is 30.9. The van der Waals surface area contributed by atoms with Gasteiger partial charge >= 0.3 is 0 Å². The molecule has 41 heavy (non-hydrogen) atoms. The molecule has 0 saturated heterocycles. The van der Waals surface area contributed by atoms with E-state index in [2.05, 4.69) is 5.32 Å². The molecule has 0 spiro atoms. The lowest BCUT2D eigenvalue weighted by Gasteiger charge is -2.34. The minimum Gasteiger partial charge on any atom is -0.352 e. The number of hydrogen-bond donors (Lipinski definition) is 1. The third-order valence-electron chi connectivity index (χ3n) is 7.47. The Labute approximate surface area is 252 Å². The molecule has 0 bridgehead atoms. The van der Waals surface area contributed by atoms with Crippen molar-refractivity contribution in [2.45, 2.75) is 69.5 Å². The van der Waals surface area contributed by atoms with Crippen LogP contribution in [0.5, 0.6) is 0 Å². The first-order chi connectivity index (χ1) is 19.6. The number of hydrogen-bond acceptors (Lipinski definition) is 4. The van der Waals surface area contributed by atoms with Crippen LogP contribution in [0.3, 0.4) is 0 Å². The molecule has 1 fully saturated rings. The molecule has 1 N–H and O–H groups in total. The molecule has 1 atom stereocenters. The van der Waals surface area contributed by atoms with Crippen LogP contribution >= 0.6 is 23.2 Å². The molecular formula is C31H35Cl2N3O4S. The number of sulfonamides is 1. The Kier molecular flexibility index (Phi) is 10.3. The normalized spacial score (nSPS) is 14.4. The van der Waals surface area contributed by atoms with Gasteiger partial charge in [-0.15, -0.1) is 0 Å². The number of carbonyl (C=O) groups is 2. The van der Waals surface area contributed by atoms with Gasteiger partial charge in [0.1, 0.15) is 12.6 Å². The van der Waals surface area contributed by atoms with Crippen molar-refractivity contribution >= 4 is 50.7 Å². The van der Waals surface area contributed by atoms with E-state index in [0.717, 1.165) is 30.0 Å². The van der Waals surface area contributed by atoms with Crippen LogP contribution in [-0.2, 0) is 26.2 Å². The second kappa shape index (κ2) is 13.7. The lowest BCUT2D eigenvalue weighted by molar-refractivity contribution is -0.140. The molecule has 0 aromatic heterocycles. The van der Waals surface area contributed by atoms with Crippen molar-refractivity contribution in [3.63, 3.8) is 0 Å². The number of benzene rings is 3. The molecule has 2 amide bonds. The highest BCUT2D eigenvalue weighted by Crippen LogP contribution is 2.30. The summed E-state index contributed by atoms with van der Waals surface area (Å²) in [4.78, 5) is 29.3. The van der Waals surface area contributed by atoms with E-state index in [1.165, 1.54) is 17.0 Å². The van der Waals surface area contributed by atoms with Gasteiger partial charge in [0.15, 0.2) is 0 Å². The summed E-state index contributed by atoms with van der Waals surface area (Å²) in [5.74, 6) is -0.818. The number of halogens is 2. The van der Waals surface area contributed by atoms with E-state index in [4.69, 9.17) is 23.2 Å². The number of anilines is 1. The summed E-state index contributed by atoms with van der Waals surface area (Å²) in [6, 6.07) is 19.2. The molecule has 0 aliphatic heterocycles. The number of rotatable bonds is 11. The highest BCUT2D eigenvalue weighted by atomic mass is 35.5. The largest absolute Gasteiger partial charge is 0.352 e. The van der Waals surface area contributed by atoms with Crippen molar-refractivity contribution in [3.8, 4) is 0 Å². The van der Waals surface area contributed by atoms with Gasteiger partial charge in [-0.2, -0.15) is 0 Å². The van der Waals surface area contributed by atoms with Gasteiger partial charge in [-0.1, -0.05) is 85.4 Å². The molecule has 3 aromatic rings. The van der Waals surface area contributed by atoms with E-state index in [1.807, 2.05) is 6.92 Å². The molecule has 1 saturated carbocycles. The molecule has 3 aromatic carbocycles. The minimum atomic E-state index is -4.13. The third kappa shape index (κ3) is 7.23. The highest BCUT2D eigenvalue weighted by Gasteiger charge is 2.35. The quantitative estimate of drug-likeness (QED) is 0.272. The van der Waals surface area contributed by atoms with Crippen molar-refractivity contribution in [2.24, 2.45) is 0 Å². The SMILES string of the molecule is CC[C@H](C(=O)NC1CCCC1)N(Cc1c(Cl)cccc1Cl)C(=O)CN(c1ccccc1C)S(=O)(=O)c1ccccc1. The summed E-state index contributed by atoms with van der Waals surface area (Å²) in [7, 11) is -4.13. The van der Waals surface area contributed by atoms with Crippen molar-refractivity contribution in [3.05, 3.63) is 94.0 Å². The molecule has 4 rings (SSSR count). The number of nitrogens with zero attached hydrogens (tertiary/aromatic N) is 2. The van der Waals surface area contributed by atoms with E-state index in [1.54, 1.807) is 67.6 Å². The summed E-state index contributed by atoms with van der Waals surface area (Å²) in [6.45, 7) is 3.05.